The summed E-state index contributed by atoms with van der Waals surface area (Å²) in [7, 11) is 0. The molecule has 140 valence electrons. The molecule has 0 aliphatic carbocycles. The van der Waals surface area contributed by atoms with Crippen LogP contribution in [0.2, 0.25) is 0 Å². The Balaban J connectivity index is 1.82. The Kier molecular flexibility index (Phi) is 6.85. The van der Waals surface area contributed by atoms with Crippen molar-refractivity contribution in [2.24, 2.45) is 5.92 Å². The third-order valence-corrected chi connectivity index (χ3v) is 4.94. The smallest absolute Gasteiger partial charge is 0.263 e. The van der Waals surface area contributed by atoms with Crippen LogP contribution in [0.15, 0.2) is 18.2 Å². The average Bonchev–Trinajstić information content (AvgIpc) is 2.93. The van der Waals surface area contributed by atoms with Gasteiger partial charge in [-0.3, -0.25) is 9.59 Å². The molecule has 5 nitrogen and oxygen atoms in total. The predicted molar refractivity (Wildman–Crippen MR) is 101 cm³/mol. The van der Waals surface area contributed by atoms with E-state index in [2.05, 4.69) is 29.5 Å². The number of nitrogens with one attached hydrogen (secondary N) is 2. The van der Waals surface area contributed by atoms with Gasteiger partial charge in [0.05, 0.1) is 10.7 Å². The maximum Gasteiger partial charge on any atom is 0.263 e. The van der Waals surface area contributed by atoms with Crippen LogP contribution in [0.25, 0.3) is 0 Å². The first-order valence-corrected chi connectivity index (χ1v) is 9.38. The molecule has 1 heterocycles. The summed E-state index contributed by atoms with van der Waals surface area (Å²) in [6.07, 6.45) is 0.849. The molecule has 0 atom stereocenters. The highest BCUT2D eigenvalue weighted by atomic mass is 32.1. The topological polar surface area (TPSA) is 71.1 Å². The van der Waals surface area contributed by atoms with E-state index in [9.17, 15) is 14.0 Å². The van der Waals surface area contributed by atoms with Crippen LogP contribution in [-0.4, -0.2) is 29.9 Å². The molecule has 1 aromatic heterocycles. The van der Waals surface area contributed by atoms with Crippen LogP contribution in [0.3, 0.4) is 0 Å². The van der Waals surface area contributed by atoms with Gasteiger partial charge < -0.3 is 10.6 Å². The van der Waals surface area contributed by atoms with Crippen molar-refractivity contribution in [1.29, 1.82) is 0 Å². The zero-order valence-corrected chi connectivity index (χ0v) is 16.3. The first kappa shape index (κ1) is 20.0. The minimum atomic E-state index is -0.413. The summed E-state index contributed by atoms with van der Waals surface area (Å²) in [5.74, 6) is -0.487. The van der Waals surface area contributed by atoms with Gasteiger partial charge in [0.15, 0.2) is 0 Å². The van der Waals surface area contributed by atoms with E-state index in [1.807, 2.05) is 6.92 Å². The number of aromatic nitrogens is 1. The standard InChI is InChI=1S/C19H24FN3O2S/c1-11(2)9-16-23-13(4)17(26-16)19(25)22-8-7-21-18(24)14-6-5-12(3)15(20)10-14/h5-6,10-11H,7-9H2,1-4H3,(H,21,24)(H,22,25). The minimum Gasteiger partial charge on any atom is -0.350 e. The second-order valence-corrected chi connectivity index (χ2v) is 7.68. The fourth-order valence-electron chi connectivity index (χ4n) is 2.37. The van der Waals surface area contributed by atoms with Gasteiger partial charge in [0.2, 0.25) is 0 Å². The van der Waals surface area contributed by atoms with Gasteiger partial charge in [0, 0.05) is 25.1 Å². The maximum atomic E-state index is 13.5. The zero-order chi connectivity index (χ0) is 19.3. The third-order valence-electron chi connectivity index (χ3n) is 3.76. The number of carbonyl (C=O) groups is 2. The van der Waals surface area contributed by atoms with Gasteiger partial charge in [0.25, 0.3) is 11.8 Å². The molecule has 0 saturated carbocycles. The van der Waals surface area contributed by atoms with Crippen molar-refractivity contribution in [3.63, 3.8) is 0 Å². The van der Waals surface area contributed by atoms with Crippen LogP contribution in [0.5, 0.6) is 0 Å². The predicted octanol–water partition coefficient (Wildman–Crippen LogP) is 3.26. The molecular formula is C19H24FN3O2S. The number of aryl methyl sites for hydroxylation is 2. The molecule has 0 saturated heterocycles. The van der Waals surface area contributed by atoms with Crippen LogP contribution in [0.4, 0.5) is 4.39 Å². The highest BCUT2D eigenvalue weighted by Gasteiger charge is 2.15. The van der Waals surface area contributed by atoms with Gasteiger partial charge in [-0.05, 0) is 37.5 Å². The van der Waals surface area contributed by atoms with Gasteiger partial charge >= 0.3 is 0 Å². The molecule has 0 radical (unpaired) electrons. The average molecular weight is 377 g/mol. The van der Waals surface area contributed by atoms with Crippen molar-refractivity contribution in [3.8, 4) is 0 Å². The summed E-state index contributed by atoms with van der Waals surface area (Å²) in [4.78, 5) is 29.3. The van der Waals surface area contributed by atoms with E-state index in [-0.39, 0.29) is 30.5 Å². The Morgan fingerprint density at radius 3 is 2.42 bits per heavy atom. The summed E-state index contributed by atoms with van der Waals surface area (Å²) >= 11 is 1.41. The molecular weight excluding hydrogens is 353 g/mol. The van der Waals surface area contributed by atoms with Gasteiger partial charge in [-0.25, -0.2) is 9.37 Å². The number of halogens is 1. The number of benzene rings is 1. The highest BCUT2D eigenvalue weighted by Crippen LogP contribution is 2.20. The number of rotatable bonds is 7. The lowest BCUT2D eigenvalue weighted by Crippen LogP contribution is -2.34. The summed E-state index contributed by atoms with van der Waals surface area (Å²) in [5, 5.41) is 6.40. The lowest BCUT2D eigenvalue weighted by molar-refractivity contribution is 0.0929. The Morgan fingerprint density at radius 2 is 1.81 bits per heavy atom. The van der Waals surface area contributed by atoms with E-state index in [1.165, 1.54) is 17.4 Å². The molecule has 2 amide bonds. The van der Waals surface area contributed by atoms with Crippen molar-refractivity contribution in [3.05, 3.63) is 50.7 Å². The number of carbonyl (C=O) groups excluding carboxylic acids is 2. The fourth-order valence-corrected chi connectivity index (χ4v) is 3.56. The van der Waals surface area contributed by atoms with E-state index in [4.69, 9.17) is 0 Å². The number of nitrogens with zero attached hydrogens (tertiary/aromatic N) is 1. The quantitative estimate of drug-likeness (QED) is 0.728. The Hall–Kier alpha value is -2.28. The molecule has 0 aliphatic heterocycles. The monoisotopic (exact) mass is 377 g/mol. The molecule has 0 spiro atoms. The summed E-state index contributed by atoms with van der Waals surface area (Å²) in [6.45, 7) is 8.23. The molecule has 0 fully saturated rings. The van der Waals surface area contributed by atoms with Gasteiger partial charge in [-0.15, -0.1) is 11.3 Å². The molecule has 26 heavy (non-hydrogen) atoms. The van der Waals surface area contributed by atoms with Crippen LogP contribution < -0.4 is 10.6 Å². The Bertz CT molecular complexity index is 802. The second-order valence-electron chi connectivity index (χ2n) is 6.60. The zero-order valence-electron chi connectivity index (χ0n) is 15.5. The summed E-state index contributed by atoms with van der Waals surface area (Å²) in [5.41, 5.74) is 1.48. The number of thiazole rings is 1. The van der Waals surface area contributed by atoms with Crippen LogP contribution >= 0.6 is 11.3 Å². The molecule has 7 heteroatoms. The molecule has 2 rings (SSSR count). The minimum absolute atomic E-state index is 0.189. The normalized spacial score (nSPS) is 10.8. The number of hydrogen-bond donors (Lipinski definition) is 2. The van der Waals surface area contributed by atoms with Crippen LogP contribution in [0.1, 0.15) is 50.1 Å². The van der Waals surface area contributed by atoms with E-state index >= 15 is 0 Å². The van der Waals surface area contributed by atoms with Crippen molar-refractivity contribution in [1.82, 2.24) is 15.6 Å². The van der Waals surface area contributed by atoms with Crippen LogP contribution in [0, 0.1) is 25.6 Å². The largest absolute Gasteiger partial charge is 0.350 e. The summed E-state index contributed by atoms with van der Waals surface area (Å²) in [6, 6.07) is 4.34. The molecule has 2 N–H and O–H groups in total. The van der Waals surface area contributed by atoms with Crippen molar-refractivity contribution in [2.45, 2.75) is 34.1 Å². The van der Waals surface area contributed by atoms with Crippen molar-refractivity contribution in [2.75, 3.05) is 13.1 Å². The van der Waals surface area contributed by atoms with E-state index in [1.54, 1.807) is 19.1 Å². The maximum absolute atomic E-state index is 13.5. The first-order valence-electron chi connectivity index (χ1n) is 8.56. The van der Waals surface area contributed by atoms with Crippen LogP contribution in [-0.2, 0) is 6.42 Å². The number of hydrogen-bond acceptors (Lipinski definition) is 4. The van der Waals surface area contributed by atoms with Gasteiger partial charge in [-0.1, -0.05) is 19.9 Å². The van der Waals surface area contributed by atoms with E-state index < -0.39 is 5.82 Å². The molecule has 0 aliphatic rings. The molecule has 0 bridgehead atoms. The van der Waals surface area contributed by atoms with E-state index in [0.717, 1.165) is 17.1 Å². The number of amides is 2. The fraction of sp³-hybridized carbons (Fsp3) is 0.421. The highest BCUT2D eigenvalue weighted by molar-refractivity contribution is 7.13. The first-order chi connectivity index (χ1) is 12.3. The Labute approximate surface area is 157 Å². The third kappa shape index (κ3) is 5.36. The second kappa shape index (κ2) is 8.89. The SMILES string of the molecule is Cc1ccc(C(=O)NCCNC(=O)c2sc(CC(C)C)nc2C)cc1F. The van der Waals surface area contributed by atoms with Gasteiger partial charge in [0.1, 0.15) is 10.7 Å². The Morgan fingerprint density at radius 1 is 1.15 bits per heavy atom. The molecule has 1 aromatic carbocycles. The summed E-state index contributed by atoms with van der Waals surface area (Å²) < 4.78 is 13.5. The lowest BCUT2D eigenvalue weighted by Gasteiger charge is -2.07. The van der Waals surface area contributed by atoms with Crippen molar-refractivity contribution >= 4 is 23.2 Å². The van der Waals surface area contributed by atoms with E-state index in [0.29, 0.717) is 16.4 Å². The molecule has 0 unspecified atom stereocenters. The van der Waals surface area contributed by atoms with Crippen molar-refractivity contribution < 1.29 is 14.0 Å². The van der Waals surface area contributed by atoms with Gasteiger partial charge in [-0.2, -0.15) is 0 Å². The lowest BCUT2D eigenvalue weighted by atomic mass is 10.1. The molecule has 2 aromatic rings.